The van der Waals surface area contributed by atoms with Gasteiger partial charge in [0.05, 0.1) is 0 Å². The van der Waals surface area contributed by atoms with E-state index in [-0.39, 0.29) is 25.2 Å². The second-order valence-electron chi connectivity index (χ2n) is 12.4. The van der Waals surface area contributed by atoms with Crippen LogP contribution in [0.2, 0.25) is 0 Å². The Labute approximate surface area is 268 Å². The SMILES string of the molecule is CCCCCCCN(C)CCCC(=O)OCc1cccc(-c2cccc(COC(=O)CCCN(C)CCCCCCC)c2)c1. The summed E-state index contributed by atoms with van der Waals surface area (Å²) in [7, 11) is 4.26. The van der Waals surface area contributed by atoms with Crippen molar-refractivity contribution >= 4 is 11.9 Å². The largest absolute Gasteiger partial charge is 0.461 e. The van der Waals surface area contributed by atoms with Crippen molar-refractivity contribution < 1.29 is 19.1 Å². The molecule has 2 aromatic carbocycles. The Morgan fingerprint density at radius 1 is 0.545 bits per heavy atom. The van der Waals surface area contributed by atoms with Crippen molar-refractivity contribution in [3.05, 3.63) is 59.7 Å². The van der Waals surface area contributed by atoms with Gasteiger partial charge in [0.25, 0.3) is 0 Å². The molecule has 0 aliphatic rings. The van der Waals surface area contributed by atoms with Crippen LogP contribution in [0.5, 0.6) is 0 Å². The molecule has 44 heavy (non-hydrogen) atoms. The van der Waals surface area contributed by atoms with E-state index in [0.29, 0.717) is 12.8 Å². The lowest BCUT2D eigenvalue weighted by molar-refractivity contribution is -0.146. The van der Waals surface area contributed by atoms with Gasteiger partial charge in [0.15, 0.2) is 0 Å². The molecular formula is C38H60N2O4. The average molecular weight is 609 g/mol. The highest BCUT2D eigenvalue weighted by Crippen LogP contribution is 2.23. The first kappa shape index (κ1) is 37.5. The molecule has 0 radical (unpaired) electrons. The number of carbonyl (C=O) groups excluding carboxylic acids is 2. The summed E-state index contributed by atoms with van der Waals surface area (Å²) in [6, 6.07) is 16.2. The molecule has 0 fully saturated rings. The van der Waals surface area contributed by atoms with Crippen molar-refractivity contribution in [1.82, 2.24) is 9.80 Å². The molecule has 6 heteroatoms. The molecule has 0 saturated carbocycles. The van der Waals surface area contributed by atoms with Crippen LogP contribution in [0.15, 0.2) is 48.5 Å². The Hall–Kier alpha value is -2.70. The maximum Gasteiger partial charge on any atom is 0.306 e. The number of carbonyl (C=O) groups is 2. The third-order valence-corrected chi connectivity index (χ3v) is 8.12. The van der Waals surface area contributed by atoms with Gasteiger partial charge in [-0.3, -0.25) is 9.59 Å². The molecule has 2 aromatic rings. The Morgan fingerprint density at radius 3 is 1.34 bits per heavy atom. The van der Waals surface area contributed by atoms with E-state index in [2.05, 4.69) is 62.0 Å². The number of nitrogens with zero attached hydrogens (tertiary/aromatic N) is 2. The third-order valence-electron chi connectivity index (χ3n) is 8.12. The van der Waals surface area contributed by atoms with Crippen LogP contribution in [0.4, 0.5) is 0 Å². The highest BCUT2D eigenvalue weighted by atomic mass is 16.5. The topological polar surface area (TPSA) is 59.1 Å². The second-order valence-corrected chi connectivity index (χ2v) is 12.4. The summed E-state index contributed by atoms with van der Waals surface area (Å²) in [4.78, 5) is 29.3. The maximum absolute atomic E-state index is 12.3. The van der Waals surface area contributed by atoms with Crippen LogP contribution in [0, 0.1) is 0 Å². The van der Waals surface area contributed by atoms with Gasteiger partial charge in [0.2, 0.25) is 0 Å². The third kappa shape index (κ3) is 17.6. The van der Waals surface area contributed by atoms with Gasteiger partial charge in [-0.1, -0.05) is 102 Å². The minimum atomic E-state index is -0.149. The van der Waals surface area contributed by atoms with Crippen LogP contribution in [0.1, 0.15) is 115 Å². The Bertz CT molecular complexity index is 973. The van der Waals surface area contributed by atoms with E-state index in [9.17, 15) is 9.59 Å². The number of hydrogen-bond acceptors (Lipinski definition) is 6. The van der Waals surface area contributed by atoms with Crippen LogP contribution < -0.4 is 0 Å². The molecule has 246 valence electrons. The molecule has 0 aromatic heterocycles. The molecule has 0 unspecified atom stereocenters. The van der Waals surface area contributed by atoms with Crippen molar-refractivity contribution in [3.8, 4) is 11.1 Å². The fourth-order valence-corrected chi connectivity index (χ4v) is 5.33. The zero-order valence-corrected chi connectivity index (χ0v) is 28.3. The molecule has 0 aliphatic carbocycles. The molecule has 2 rings (SSSR count). The van der Waals surface area contributed by atoms with Crippen LogP contribution in [0.25, 0.3) is 11.1 Å². The van der Waals surface area contributed by atoms with E-state index in [0.717, 1.165) is 61.3 Å². The van der Waals surface area contributed by atoms with Crippen LogP contribution in [-0.4, -0.2) is 62.0 Å². The van der Waals surface area contributed by atoms with Gasteiger partial charge in [0.1, 0.15) is 13.2 Å². The predicted octanol–water partition coefficient (Wildman–Crippen LogP) is 8.80. The lowest BCUT2D eigenvalue weighted by Gasteiger charge is -2.16. The average Bonchev–Trinajstić information content (AvgIpc) is 3.03. The van der Waals surface area contributed by atoms with E-state index in [1.807, 2.05) is 24.3 Å². The van der Waals surface area contributed by atoms with Gasteiger partial charge >= 0.3 is 11.9 Å². The molecule has 0 N–H and O–H groups in total. The Balaban J connectivity index is 1.69. The van der Waals surface area contributed by atoms with Gasteiger partial charge < -0.3 is 19.3 Å². The zero-order valence-electron chi connectivity index (χ0n) is 28.3. The smallest absolute Gasteiger partial charge is 0.306 e. The lowest BCUT2D eigenvalue weighted by Crippen LogP contribution is -2.21. The fraction of sp³-hybridized carbons (Fsp3) is 0.632. The van der Waals surface area contributed by atoms with E-state index >= 15 is 0 Å². The summed E-state index contributed by atoms with van der Waals surface area (Å²) in [5, 5.41) is 0. The van der Waals surface area contributed by atoms with Gasteiger partial charge in [-0.25, -0.2) is 0 Å². The number of hydrogen-bond donors (Lipinski definition) is 0. The van der Waals surface area contributed by atoms with Gasteiger partial charge in [0, 0.05) is 12.8 Å². The van der Waals surface area contributed by atoms with Gasteiger partial charge in [-0.05, 0) is 100 Å². The standard InChI is InChI=1S/C38H60N2O4/c1-5-7-9-11-13-25-39(3)27-17-23-37(41)43-31-33-19-15-21-35(29-33)36-22-16-20-34(30-36)32-44-38(42)24-18-28-40(4)26-14-12-10-8-6-2/h15-16,19-22,29-30H,5-14,17-18,23-28,31-32H2,1-4H3. The minimum absolute atomic E-state index is 0.149. The maximum atomic E-state index is 12.3. The molecule has 6 nitrogen and oxygen atoms in total. The monoisotopic (exact) mass is 608 g/mol. The highest BCUT2D eigenvalue weighted by molar-refractivity contribution is 5.70. The second kappa shape index (κ2) is 23.7. The molecule has 0 bridgehead atoms. The van der Waals surface area contributed by atoms with Gasteiger partial charge in [-0.15, -0.1) is 0 Å². The van der Waals surface area contributed by atoms with E-state index < -0.39 is 0 Å². The van der Waals surface area contributed by atoms with Crippen LogP contribution in [0.3, 0.4) is 0 Å². The normalized spacial score (nSPS) is 11.3. The molecular weight excluding hydrogens is 548 g/mol. The van der Waals surface area contributed by atoms with Gasteiger partial charge in [-0.2, -0.15) is 0 Å². The van der Waals surface area contributed by atoms with Crippen LogP contribution in [-0.2, 0) is 32.3 Å². The predicted molar refractivity (Wildman–Crippen MR) is 182 cm³/mol. The molecule has 0 heterocycles. The number of ether oxygens (including phenoxy) is 2. The Morgan fingerprint density at radius 2 is 0.932 bits per heavy atom. The first-order valence-electron chi connectivity index (χ1n) is 17.3. The van der Waals surface area contributed by atoms with Crippen LogP contribution >= 0.6 is 0 Å². The first-order valence-corrected chi connectivity index (χ1v) is 17.3. The summed E-state index contributed by atoms with van der Waals surface area (Å²) >= 11 is 0. The summed E-state index contributed by atoms with van der Waals surface area (Å²) in [5.74, 6) is -0.297. The van der Waals surface area contributed by atoms with Crippen molar-refractivity contribution in [3.63, 3.8) is 0 Å². The van der Waals surface area contributed by atoms with E-state index in [4.69, 9.17) is 9.47 Å². The molecule has 0 atom stereocenters. The number of unbranched alkanes of at least 4 members (excludes halogenated alkanes) is 8. The van der Waals surface area contributed by atoms with Crippen molar-refractivity contribution in [1.29, 1.82) is 0 Å². The van der Waals surface area contributed by atoms with Crippen molar-refractivity contribution in [2.24, 2.45) is 0 Å². The Kier molecular flexibility index (Phi) is 20.2. The zero-order chi connectivity index (χ0) is 31.8. The molecule has 0 amide bonds. The number of esters is 2. The quantitative estimate of drug-likeness (QED) is 0.0829. The molecule has 0 saturated heterocycles. The summed E-state index contributed by atoms with van der Waals surface area (Å²) < 4.78 is 11.2. The fourth-order valence-electron chi connectivity index (χ4n) is 5.33. The number of benzene rings is 2. The molecule has 0 aliphatic heterocycles. The van der Waals surface area contributed by atoms with E-state index in [1.54, 1.807) is 0 Å². The molecule has 0 spiro atoms. The van der Waals surface area contributed by atoms with Crippen molar-refractivity contribution in [2.75, 3.05) is 40.3 Å². The minimum Gasteiger partial charge on any atom is -0.461 e. The van der Waals surface area contributed by atoms with E-state index in [1.165, 1.54) is 64.2 Å². The summed E-state index contributed by atoms with van der Waals surface area (Å²) in [6.45, 7) is 9.03. The lowest BCUT2D eigenvalue weighted by atomic mass is 10.0. The summed E-state index contributed by atoms with van der Waals surface area (Å²) in [5.41, 5.74) is 4.01. The van der Waals surface area contributed by atoms with Crippen molar-refractivity contribution in [2.45, 2.75) is 117 Å². The summed E-state index contributed by atoms with van der Waals surface area (Å²) in [6.07, 6.45) is 15.3. The number of rotatable bonds is 25. The first-order chi connectivity index (χ1) is 21.4. The highest BCUT2D eigenvalue weighted by Gasteiger charge is 2.09.